The maximum Gasteiger partial charge on any atom is 0.161 e. The lowest BCUT2D eigenvalue weighted by atomic mass is 9.90. The molecule has 1 aliphatic carbocycles. The normalized spacial score (nSPS) is 20.4. The first-order valence-corrected chi connectivity index (χ1v) is 12.3. The van der Waals surface area contributed by atoms with Gasteiger partial charge < -0.3 is 14.4 Å². The molecule has 1 saturated heterocycles. The summed E-state index contributed by atoms with van der Waals surface area (Å²) < 4.78 is 11.0. The van der Waals surface area contributed by atoms with Crippen molar-refractivity contribution in [1.29, 1.82) is 0 Å². The lowest BCUT2D eigenvalue weighted by Gasteiger charge is -2.41. The molecule has 1 aromatic heterocycles. The van der Waals surface area contributed by atoms with E-state index in [1.165, 1.54) is 69.2 Å². The van der Waals surface area contributed by atoms with Crippen LogP contribution in [0.25, 0.3) is 0 Å². The van der Waals surface area contributed by atoms with Gasteiger partial charge in [0.25, 0.3) is 0 Å². The summed E-state index contributed by atoms with van der Waals surface area (Å²) in [6.07, 6.45) is 13.6. The molecule has 32 heavy (non-hydrogen) atoms. The Morgan fingerprint density at radius 2 is 1.75 bits per heavy atom. The highest BCUT2D eigenvalue weighted by Gasteiger charge is 2.28. The van der Waals surface area contributed by atoms with E-state index in [1.807, 2.05) is 24.5 Å². The Hall–Kier alpha value is -2.11. The summed E-state index contributed by atoms with van der Waals surface area (Å²) in [7, 11) is 3.39. The van der Waals surface area contributed by atoms with Crippen molar-refractivity contribution in [2.45, 2.75) is 64.1 Å². The van der Waals surface area contributed by atoms with Crippen molar-refractivity contribution >= 4 is 0 Å². The molecule has 0 bridgehead atoms. The Labute approximate surface area is 193 Å². The van der Waals surface area contributed by atoms with Gasteiger partial charge in [0.15, 0.2) is 11.5 Å². The number of likely N-dealkylation sites (tertiary alicyclic amines) is 1. The van der Waals surface area contributed by atoms with E-state index < -0.39 is 0 Å². The number of hydrogen-bond acceptors (Lipinski definition) is 5. The second kappa shape index (κ2) is 11.7. The van der Waals surface area contributed by atoms with Gasteiger partial charge >= 0.3 is 0 Å². The Morgan fingerprint density at radius 1 is 0.938 bits per heavy atom. The Kier molecular flexibility index (Phi) is 8.41. The van der Waals surface area contributed by atoms with Crippen LogP contribution in [-0.2, 0) is 13.1 Å². The minimum atomic E-state index is 0.725. The number of rotatable bonds is 9. The molecule has 0 N–H and O–H groups in total. The first-order valence-electron chi connectivity index (χ1n) is 12.3. The number of benzene rings is 1. The Morgan fingerprint density at radius 3 is 2.50 bits per heavy atom. The zero-order valence-electron chi connectivity index (χ0n) is 19.8. The fourth-order valence-electron chi connectivity index (χ4n) is 5.56. The average molecular weight is 438 g/mol. The van der Waals surface area contributed by atoms with Crippen LogP contribution in [0, 0.1) is 5.92 Å². The van der Waals surface area contributed by atoms with Crippen LogP contribution in [0.2, 0.25) is 0 Å². The minimum absolute atomic E-state index is 0.725. The molecule has 0 radical (unpaired) electrons. The van der Waals surface area contributed by atoms with Crippen LogP contribution in [-0.4, -0.2) is 54.7 Å². The Bertz CT molecular complexity index is 823. The summed E-state index contributed by atoms with van der Waals surface area (Å²) in [5.41, 5.74) is 2.53. The first-order chi connectivity index (χ1) is 15.7. The van der Waals surface area contributed by atoms with E-state index in [0.717, 1.165) is 43.1 Å². The van der Waals surface area contributed by atoms with Gasteiger partial charge in [-0.05, 0) is 67.5 Å². The zero-order chi connectivity index (χ0) is 22.2. The molecule has 1 aliphatic heterocycles. The molecule has 1 saturated carbocycles. The molecule has 2 aromatic rings. The van der Waals surface area contributed by atoms with E-state index in [2.05, 4.69) is 33.0 Å². The number of nitrogens with zero attached hydrogens (tertiary/aromatic N) is 3. The van der Waals surface area contributed by atoms with Crippen molar-refractivity contribution < 1.29 is 9.47 Å². The lowest BCUT2D eigenvalue weighted by molar-refractivity contribution is 0.0771. The van der Waals surface area contributed by atoms with Gasteiger partial charge in [-0.25, -0.2) is 0 Å². The van der Waals surface area contributed by atoms with Crippen molar-refractivity contribution in [1.82, 2.24) is 14.8 Å². The number of ether oxygens (including phenoxy) is 2. The van der Waals surface area contributed by atoms with Crippen molar-refractivity contribution in [2.75, 3.05) is 33.9 Å². The fourth-order valence-corrected chi connectivity index (χ4v) is 5.56. The zero-order valence-corrected chi connectivity index (χ0v) is 19.8. The predicted molar refractivity (Wildman–Crippen MR) is 129 cm³/mol. The number of hydrogen-bond donors (Lipinski definition) is 0. The van der Waals surface area contributed by atoms with E-state index in [1.54, 1.807) is 14.2 Å². The third-order valence-corrected chi connectivity index (χ3v) is 7.14. The molecule has 1 atom stereocenters. The highest BCUT2D eigenvalue weighted by atomic mass is 16.5. The number of piperidine rings is 1. The molecule has 5 heteroatoms. The van der Waals surface area contributed by atoms with Crippen molar-refractivity contribution in [3.8, 4) is 11.5 Å². The molecule has 2 fully saturated rings. The highest BCUT2D eigenvalue weighted by Crippen LogP contribution is 2.30. The molecule has 174 valence electrons. The second-order valence-electron chi connectivity index (χ2n) is 9.52. The van der Waals surface area contributed by atoms with E-state index in [0.29, 0.717) is 0 Å². The third kappa shape index (κ3) is 6.23. The molecule has 1 aromatic carbocycles. The van der Waals surface area contributed by atoms with Crippen LogP contribution in [0.4, 0.5) is 0 Å². The van der Waals surface area contributed by atoms with Gasteiger partial charge in [-0.2, -0.15) is 0 Å². The maximum absolute atomic E-state index is 5.55. The number of aromatic nitrogens is 1. The van der Waals surface area contributed by atoms with Gasteiger partial charge in [-0.3, -0.25) is 9.88 Å². The van der Waals surface area contributed by atoms with E-state index in [-0.39, 0.29) is 0 Å². The maximum atomic E-state index is 5.55. The smallest absolute Gasteiger partial charge is 0.161 e. The summed E-state index contributed by atoms with van der Waals surface area (Å²) in [6, 6.07) is 11.3. The van der Waals surface area contributed by atoms with Crippen LogP contribution in [0.15, 0.2) is 42.7 Å². The molecule has 4 rings (SSSR count). The van der Waals surface area contributed by atoms with E-state index >= 15 is 0 Å². The molecule has 0 amide bonds. The van der Waals surface area contributed by atoms with Gasteiger partial charge in [0.05, 0.1) is 14.2 Å². The van der Waals surface area contributed by atoms with Crippen LogP contribution in [0.3, 0.4) is 0 Å². The molecule has 1 unspecified atom stereocenters. The van der Waals surface area contributed by atoms with Gasteiger partial charge in [-0.1, -0.05) is 31.4 Å². The molecular formula is C27H39N3O2. The Balaban J connectivity index is 1.45. The summed E-state index contributed by atoms with van der Waals surface area (Å²) in [5.74, 6) is 2.31. The topological polar surface area (TPSA) is 37.8 Å². The SMILES string of the molecule is COc1ccc(CN(Cc2cccnc2)CC2CCCN(C3CCCCC3)C2)cc1OC. The third-order valence-electron chi connectivity index (χ3n) is 7.14. The number of pyridine rings is 1. The number of methoxy groups -OCH3 is 2. The quantitative estimate of drug-likeness (QED) is 0.543. The standard InChI is InChI=1S/C27H39N3O2/c1-31-26-13-12-22(16-27(26)32-2)18-29(19-23-8-6-14-28-17-23)20-24-9-7-15-30(21-24)25-10-4-3-5-11-25/h6,8,12-14,16-17,24-25H,3-5,7,9-11,15,18-21H2,1-2H3. The van der Waals surface area contributed by atoms with Gasteiger partial charge in [0.1, 0.15) is 0 Å². The van der Waals surface area contributed by atoms with Crippen LogP contribution >= 0.6 is 0 Å². The molecule has 5 nitrogen and oxygen atoms in total. The molecular weight excluding hydrogens is 398 g/mol. The molecule has 2 heterocycles. The van der Waals surface area contributed by atoms with Gasteiger partial charge in [0.2, 0.25) is 0 Å². The summed E-state index contributed by atoms with van der Waals surface area (Å²) in [4.78, 5) is 9.75. The van der Waals surface area contributed by atoms with Crippen molar-refractivity contribution in [3.05, 3.63) is 53.9 Å². The average Bonchev–Trinajstić information content (AvgIpc) is 2.85. The van der Waals surface area contributed by atoms with Gasteiger partial charge in [-0.15, -0.1) is 0 Å². The summed E-state index contributed by atoms with van der Waals surface area (Å²) >= 11 is 0. The van der Waals surface area contributed by atoms with Gasteiger partial charge in [0, 0.05) is 44.6 Å². The van der Waals surface area contributed by atoms with Crippen molar-refractivity contribution in [2.24, 2.45) is 5.92 Å². The lowest BCUT2D eigenvalue weighted by Crippen LogP contribution is -2.46. The summed E-state index contributed by atoms with van der Waals surface area (Å²) in [5, 5.41) is 0. The van der Waals surface area contributed by atoms with Crippen molar-refractivity contribution in [3.63, 3.8) is 0 Å². The fraction of sp³-hybridized carbons (Fsp3) is 0.593. The van der Waals surface area contributed by atoms with Crippen LogP contribution in [0.1, 0.15) is 56.1 Å². The largest absolute Gasteiger partial charge is 0.493 e. The molecule has 2 aliphatic rings. The summed E-state index contributed by atoms with van der Waals surface area (Å²) in [6.45, 7) is 5.48. The van der Waals surface area contributed by atoms with E-state index in [9.17, 15) is 0 Å². The van der Waals surface area contributed by atoms with E-state index in [4.69, 9.17) is 9.47 Å². The highest BCUT2D eigenvalue weighted by molar-refractivity contribution is 5.42. The predicted octanol–water partition coefficient (Wildman–Crippen LogP) is 5.15. The monoisotopic (exact) mass is 437 g/mol. The van der Waals surface area contributed by atoms with Crippen LogP contribution < -0.4 is 9.47 Å². The second-order valence-corrected chi connectivity index (χ2v) is 9.52. The molecule has 0 spiro atoms. The minimum Gasteiger partial charge on any atom is -0.493 e. The first kappa shape index (κ1) is 23.1. The van der Waals surface area contributed by atoms with Crippen LogP contribution in [0.5, 0.6) is 11.5 Å².